The largest absolute Gasteiger partial charge is 0.339 e. The first-order valence-corrected chi connectivity index (χ1v) is 7.84. The lowest BCUT2D eigenvalue weighted by Crippen LogP contribution is -2.34. The Morgan fingerprint density at radius 2 is 1.78 bits per heavy atom. The van der Waals surface area contributed by atoms with E-state index in [0.29, 0.717) is 5.56 Å². The maximum Gasteiger partial charge on any atom is 0.263 e. The van der Waals surface area contributed by atoms with Crippen LogP contribution in [0.25, 0.3) is 6.08 Å². The first-order valence-electron chi connectivity index (χ1n) is 7.84. The summed E-state index contributed by atoms with van der Waals surface area (Å²) in [4.78, 5) is 30.0. The highest BCUT2D eigenvalue weighted by atomic mass is 16.2. The number of rotatable bonds is 3. The first kappa shape index (κ1) is 15.2. The van der Waals surface area contributed by atoms with E-state index < -0.39 is 0 Å². The average Bonchev–Trinajstić information content (AvgIpc) is 3.15. The fourth-order valence-corrected chi connectivity index (χ4v) is 2.65. The van der Waals surface area contributed by atoms with E-state index in [-0.39, 0.29) is 11.8 Å². The van der Waals surface area contributed by atoms with Gasteiger partial charge >= 0.3 is 0 Å². The molecule has 23 heavy (non-hydrogen) atoms. The second-order valence-electron chi connectivity index (χ2n) is 5.62. The second-order valence-corrected chi connectivity index (χ2v) is 5.62. The van der Waals surface area contributed by atoms with Crippen molar-refractivity contribution in [3.63, 3.8) is 0 Å². The van der Waals surface area contributed by atoms with Crippen LogP contribution in [0.4, 0.5) is 0 Å². The zero-order valence-corrected chi connectivity index (χ0v) is 12.9. The van der Waals surface area contributed by atoms with Gasteiger partial charge in [0.25, 0.3) is 5.91 Å². The van der Waals surface area contributed by atoms with E-state index in [0.717, 1.165) is 31.5 Å². The number of likely N-dealkylation sites (tertiary alicyclic amines) is 1. The predicted molar refractivity (Wildman–Crippen MR) is 87.9 cm³/mol. The molecule has 1 saturated heterocycles. The molecule has 0 spiro atoms. The summed E-state index contributed by atoms with van der Waals surface area (Å²) in [6, 6.07) is 7.19. The molecule has 5 nitrogen and oxygen atoms in total. The number of amides is 1. The van der Waals surface area contributed by atoms with E-state index in [2.05, 4.69) is 4.98 Å². The number of carbonyl (C=O) groups excluding carboxylic acids is 2. The van der Waals surface area contributed by atoms with Crippen LogP contribution in [0.1, 0.15) is 35.2 Å². The zero-order valence-electron chi connectivity index (χ0n) is 12.9. The molecule has 2 aromatic rings. The molecular weight excluding hydrogens is 290 g/mol. The summed E-state index contributed by atoms with van der Waals surface area (Å²) in [7, 11) is 0. The Morgan fingerprint density at radius 1 is 1.04 bits per heavy atom. The van der Waals surface area contributed by atoms with Crippen LogP contribution in [0, 0.1) is 0 Å². The van der Waals surface area contributed by atoms with E-state index in [9.17, 15) is 9.59 Å². The van der Waals surface area contributed by atoms with Crippen molar-refractivity contribution in [2.75, 3.05) is 13.1 Å². The Kier molecular flexibility index (Phi) is 4.66. The standard InChI is InChI=1S/C18H19N3O2/c22-17(20-11-2-1-3-12-20)9-6-15-4-7-16(8-5-15)18(23)21-13-10-19-14-21/h4-10,13-14H,1-3,11-12H2/b9-6+. The molecule has 2 heterocycles. The van der Waals surface area contributed by atoms with E-state index in [1.54, 1.807) is 36.7 Å². The number of aromatic nitrogens is 2. The van der Waals surface area contributed by atoms with Crippen molar-refractivity contribution >= 4 is 17.9 Å². The lowest BCUT2D eigenvalue weighted by Gasteiger charge is -2.25. The van der Waals surface area contributed by atoms with Crippen molar-refractivity contribution in [2.45, 2.75) is 19.3 Å². The van der Waals surface area contributed by atoms with Gasteiger partial charge in [-0.05, 0) is 43.0 Å². The van der Waals surface area contributed by atoms with Crippen LogP contribution >= 0.6 is 0 Å². The molecule has 5 heteroatoms. The van der Waals surface area contributed by atoms with Gasteiger partial charge in [0.1, 0.15) is 6.33 Å². The van der Waals surface area contributed by atoms with Gasteiger partial charge in [-0.15, -0.1) is 0 Å². The van der Waals surface area contributed by atoms with Crippen molar-refractivity contribution in [3.8, 4) is 0 Å². The summed E-state index contributed by atoms with van der Waals surface area (Å²) < 4.78 is 1.44. The molecule has 1 aromatic carbocycles. The molecule has 3 rings (SSSR count). The van der Waals surface area contributed by atoms with Gasteiger partial charge in [-0.25, -0.2) is 4.98 Å². The highest BCUT2D eigenvalue weighted by molar-refractivity contribution is 5.96. The Bertz CT molecular complexity index is 696. The molecule has 0 saturated carbocycles. The van der Waals surface area contributed by atoms with Crippen molar-refractivity contribution in [3.05, 3.63) is 60.2 Å². The second kappa shape index (κ2) is 7.05. The fraction of sp³-hybridized carbons (Fsp3) is 0.278. The van der Waals surface area contributed by atoms with Gasteiger partial charge in [0.15, 0.2) is 0 Å². The molecular formula is C18H19N3O2. The van der Waals surface area contributed by atoms with Crippen molar-refractivity contribution in [2.24, 2.45) is 0 Å². The Balaban J connectivity index is 1.64. The lowest BCUT2D eigenvalue weighted by molar-refractivity contribution is -0.126. The number of nitrogens with zero attached hydrogens (tertiary/aromatic N) is 3. The summed E-state index contributed by atoms with van der Waals surface area (Å²) >= 11 is 0. The maximum atomic E-state index is 12.1. The molecule has 0 unspecified atom stereocenters. The van der Waals surface area contributed by atoms with E-state index in [1.807, 2.05) is 17.0 Å². The molecule has 1 aliphatic heterocycles. The van der Waals surface area contributed by atoms with Gasteiger partial charge in [0.2, 0.25) is 5.91 Å². The van der Waals surface area contributed by atoms with Crippen molar-refractivity contribution in [1.82, 2.24) is 14.5 Å². The fourth-order valence-electron chi connectivity index (χ4n) is 2.65. The topological polar surface area (TPSA) is 55.2 Å². The van der Waals surface area contributed by atoms with Crippen LogP contribution in [-0.2, 0) is 4.79 Å². The first-order chi connectivity index (χ1) is 11.2. The zero-order chi connectivity index (χ0) is 16.1. The van der Waals surface area contributed by atoms with Crippen LogP contribution < -0.4 is 0 Å². The van der Waals surface area contributed by atoms with Gasteiger partial charge in [0.05, 0.1) is 0 Å². The normalized spacial score (nSPS) is 15.0. The maximum absolute atomic E-state index is 12.1. The minimum atomic E-state index is -0.123. The number of hydrogen-bond acceptors (Lipinski definition) is 3. The number of hydrogen-bond donors (Lipinski definition) is 0. The van der Waals surface area contributed by atoms with E-state index in [1.165, 1.54) is 17.3 Å². The third-order valence-corrected chi connectivity index (χ3v) is 3.98. The van der Waals surface area contributed by atoms with Gasteiger partial charge in [-0.2, -0.15) is 0 Å². The van der Waals surface area contributed by atoms with Crippen LogP contribution in [0.5, 0.6) is 0 Å². The van der Waals surface area contributed by atoms with Crippen LogP contribution in [0.15, 0.2) is 49.1 Å². The summed E-state index contributed by atoms with van der Waals surface area (Å²) in [5, 5.41) is 0. The SMILES string of the molecule is O=C(/C=C/c1ccc(C(=O)n2ccnc2)cc1)N1CCCCC1. The molecule has 118 valence electrons. The minimum absolute atomic E-state index is 0.0586. The minimum Gasteiger partial charge on any atom is -0.339 e. The molecule has 0 N–H and O–H groups in total. The van der Waals surface area contributed by atoms with Gasteiger partial charge < -0.3 is 4.90 Å². The molecule has 1 amide bonds. The molecule has 0 aliphatic carbocycles. The van der Waals surface area contributed by atoms with Crippen LogP contribution in [0.2, 0.25) is 0 Å². The number of piperidine rings is 1. The van der Waals surface area contributed by atoms with Gasteiger partial charge in [0, 0.05) is 37.1 Å². The summed E-state index contributed by atoms with van der Waals surface area (Å²) in [6.07, 6.45) is 11.5. The van der Waals surface area contributed by atoms with Crippen LogP contribution in [0.3, 0.4) is 0 Å². The molecule has 0 bridgehead atoms. The lowest BCUT2D eigenvalue weighted by atomic mass is 10.1. The highest BCUT2D eigenvalue weighted by Gasteiger charge is 2.13. The monoisotopic (exact) mass is 309 g/mol. The molecule has 1 aliphatic rings. The Labute approximate surface area is 135 Å². The summed E-state index contributed by atoms with van der Waals surface area (Å²) in [5.74, 6) is -0.0642. The molecule has 1 aromatic heterocycles. The van der Waals surface area contributed by atoms with Crippen molar-refractivity contribution in [1.29, 1.82) is 0 Å². The van der Waals surface area contributed by atoms with Gasteiger partial charge in [-0.3, -0.25) is 14.2 Å². The predicted octanol–water partition coefficient (Wildman–Crippen LogP) is 2.60. The van der Waals surface area contributed by atoms with Gasteiger partial charge in [-0.1, -0.05) is 12.1 Å². The van der Waals surface area contributed by atoms with Crippen LogP contribution in [-0.4, -0.2) is 39.4 Å². The summed E-state index contributed by atoms with van der Waals surface area (Å²) in [6.45, 7) is 1.70. The average molecular weight is 309 g/mol. The Hall–Kier alpha value is -2.69. The number of benzene rings is 1. The third-order valence-electron chi connectivity index (χ3n) is 3.98. The number of imidazole rings is 1. The highest BCUT2D eigenvalue weighted by Crippen LogP contribution is 2.11. The van der Waals surface area contributed by atoms with Crippen molar-refractivity contribution < 1.29 is 9.59 Å². The Morgan fingerprint density at radius 3 is 2.43 bits per heavy atom. The number of carbonyl (C=O) groups is 2. The molecule has 0 atom stereocenters. The van der Waals surface area contributed by atoms with E-state index in [4.69, 9.17) is 0 Å². The smallest absolute Gasteiger partial charge is 0.263 e. The molecule has 0 radical (unpaired) electrons. The summed E-state index contributed by atoms with van der Waals surface area (Å²) in [5.41, 5.74) is 1.49. The van der Waals surface area contributed by atoms with E-state index >= 15 is 0 Å². The quantitative estimate of drug-likeness (QED) is 0.819. The third kappa shape index (κ3) is 3.74. The molecule has 1 fully saturated rings.